The van der Waals surface area contributed by atoms with E-state index in [-0.39, 0.29) is 17.0 Å². The van der Waals surface area contributed by atoms with Gasteiger partial charge in [0.25, 0.3) is 5.91 Å². The average molecular weight is 364 g/mol. The van der Waals surface area contributed by atoms with Crippen molar-refractivity contribution in [1.29, 1.82) is 0 Å². The van der Waals surface area contributed by atoms with Crippen molar-refractivity contribution in [2.24, 2.45) is 0 Å². The van der Waals surface area contributed by atoms with Crippen molar-refractivity contribution in [1.82, 2.24) is 29.5 Å². The Hall–Kier alpha value is -3.95. The number of amides is 1. The molecule has 0 aliphatic heterocycles. The van der Waals surface area contributed by atoms with Crippen LogP contribution < -0.4 is 11.1 Å². The zero-order valence-electron chi connectivity index (χ0n) is 14.1. The SMILES string of the molecule is Cc1nccnc1-c1ccncc1NC(=O)c1c(N)nn2cc(F)cnc12. The number of aromatic nitrogens is 6. The summed E-state index contributed by atoms with van der Waals surface area (Å²) in [6, 6.07) is 1.72. The lowest BCUT2D eigenvalue weighted by Crippen LogP contribution is -2.15. The normalized spacial score (nSPS) is 10.9. The number of nitrogens with zero attached hydrogens (tertiary/aromatic N) is 6. The highest BCUT2D eigenvalue weighted by Gasteiger charge is 2.21. The van der Waals surface area contributed by atoms with Gasteiger partial charge in [0.2, 0.25) is 0 Å². The number of nitrogens with one attached hydrogen (secondary N) is 1. The molecule has 0 aliphatic carbocycles. The van der Waals surface area contributed by atoms with Crippen LogP contribution in [-0.2, 0) is 0 Å². The van der Waals surface area contributed by atoms with Gasteiger partial charge in [0.15, 0.2) is 17.3 Å². The molecule has 0 radical (unpaired) electrons. The molecule has 0 fully saturated rings. The minimum atomic E-state index is -0.593. The number of aryl methyl sites for hydroxylation is 1. The summed E-state index contributed by atoms with van der Waals surface area (Å²) >= 11 is 0. The first kappa shape index (κ1) is 16.5. The average Bonchev–Trinajstić information content (AvgIpc) is 2.97. The lowest BCUT2D eigenvalue weighted by molar-refractivity contribution is 0.102. The molecule has 0 unspecified atom stereocenters. The van der Waals surface area contributed by atoms with Crippen LogP contribution in [0.5, 0.6) is 0 Å². The fraction of sp³-hybridized carbons (Fsp3) is 0.0588. The van der Waals surface area contributed by atoms with Gasteiger partial charge in [-0.25, -0.2) is 13.9 Å². The predicted molar refractivity (Wildman–Crippen MR) is 95.3 cm³/mol. The fourth-order valence-corrected chi connectivity index (χ4v) is 2.70. The maximum absolute atomic E-state index is 13.3. The number of carbonyl (C=O) groups excluding carboxylic acids is 1. The number of carbonyl (C=O) groups is 1. The van der Waals surface area contributed by atoms with Crippen molar-refractivity contribution in [3.63, 3.8) is 0 Å². The van der Waals surface area contributed by atoms with Crippen LogP contribution in [0.15, 0.2) is 43.2 Å². The van der Waals surface area contributed by atoms with Gasteiger partial charge in [-0.3, -0.25) is 19.7 Å². The van der Waals surface area contributed by atoms with Crippen LogP contribution in [0.2, 0.25) is 0 Å². The van der Waals surface area contributed by atoms with E-state index < -0.39 is 11.7 Å². The largest absolute Gasteiger partial charge is 0.381 e. The molecule has 27 heavy (non-hydrogen) atoms. The van der Waals surface area contributed by atoms with Gasteiger partial charge in [-0.15, -0.1) is 5.10 Å². The molecule has 10 heteroatoms. The first-order valence-corrected chi connectivity index (χ1v) is 7.87. The smallest absolute Gasteiger partial charge is 0.263 e. The molecule has 0 atom stereocenters. The topological polar surface area (TPSA) is 124 Å². The Balaban J connectivity index is 1.75. The van der Waals surface area contributed by atoms with E-state index in [9.17, 15) is 9.18 Å². The maximum atomic E-state index is 13.3. The Bertz CT molecular complexity index is 1170. The highest BCUT2D eigenvalue weighted by atomic mass is 19.1. The molecular formula is C17H13FN8O. The molecule has 1 amide bonds. The molecule has 0 aromatic carbocycles. The molecule has 0 saturated carbocycles. The van der Waals surface area contributed by atoms with Crippen LogP contribution in [0.25, 0.3) is 16.9 Å². The second kappa shape index (κ2) is 6.41. The molecule has 4 rings (SSSR count). The van der Waals surface area contributed by atoms with Crippen molar-refractivity contribution in [3.05, 3.63) is 60.3 Å². The molecule has 0 bridgehead atoms. The number of anilines is 2. The Morgan fingerprint density at radius 1 is 1.19 bits per heavy atom. The maximum Gasteiger partial charge on any atom is 0.263 e. The molecule has 0 saturated heterocycles. The van der Waals surface area contributed by atoms with E-state index in [0.717, 1.165) is 16.9 Å². The molecule has 4 aromatic rings. The standard InChI is InChI=1S/C17H13FN8O/c1-9-14(22-5-4-21-9)11-2-3-20-7-12(11)24-17(27)13-15(19)25-26-8-10(18)6-23-16(13)26/h2-8H,1H3,(H2,19,25)(H,24,27). The van der Waals surface area contributed by atoms with Crippen molar-refractivity contribution in [2.45, 2.75) is 6.92 Å². The van der Waals surface area contributed by atoms with Crippen LogP contribution >= 0.6 is 0 Å². The summed E-state index contributed by atoms with van der Waals surface area (Å²) < 4.78 is 14.4. The minimum absolute atomic E-state index is 0.0423. The van der Waals surface area contributed by atoms with Crippen molar-refractivity contribution in [2.75, 3.05) is 11.1 Å². The minimum Gasteiger partial charge on any atom is -0.381 e. The number of hydrogen-bond acceptors (Lipinski definition) is 7. The highest BCUT2D eigenvalue weighted by Crippen LogP contribution is 2.28. The van der Waals surface area contributed by atoms with Crippen molar-refractivity contribution < 1.29 is 9.18 Å². The Morgan fingerprint density at radius 2 is 2.00 bits per heavy atom. The van der Waals surface area contributed by atoms with E-state index in [1.807, 2.05) is 6.92 Å². The van der Waals surface area contributed by atoms with Crippen LogP contribution in [0, 0.1) is 12.7 Å². The quantitative estimate of drug-likeness (QED) is 0.568. The van der Waals surface area contributed by atoms with Gasteiger partial charge in [-0.1, -0.05) is 0 Å². The van der Waals surface area contributed by atoms with Gasteiger partial charge in [0, 0.05) is 24.2 Å². The third-order valence-electron chi connectivity index (χ3n) is 3.90. The second-order valence-electron chi connectivity index (χ2n) is 5.67. The summed E-state index contributed by atoms with van der Waals surface area (Å²) in [6.07, 6.45) is 8.32. The van der Waals surface area contributed by atoms with Crippen LogP contribution in [-0.4, -0.2) is 35.5 Å². The van der Waals surface area contributed by atoms with E-state index >= 15 is 0 Å². The Kier molecular flexibility index (Phi) is 3.92. The van der Waals surface area contributed by atoms with Crippen LogP contribution in [0.4, 0.5) is 15.9 Å². The number of nitrogens with two attached hydrogens (primary N) is 1. The predicted octanol–water partition coefficient (Wildman–Crippen LogP) is 1.86. The number of fused-ring (bicyclic) bond motifs is 1. The molecule has 4 aromatic heterocycles. The third-order valence-corrected chi connectivity index (χ3v) is 3.90. The Morgan fingerprint density at radius 3 is 2.81 bits per heavy atom. The first-order chi connectivity index (χ1) is 13.0. The summed E-state index contributed by atoms with van der Waals surface area (Å²) in [7, 11) is 0. The molecule has 9 nitrogen and oxygen atoms in total. The van der Waals surface area contributed by atoms with E-state index in [2.05, 4.69) is 30.4 Å². The lowest BCUT2D eigenvalue weighted by atomic mass is 10.1. The summed E-state index contributed by atoms with van der Waals surface area (Å²) in [5.41, 5.74) is 8.42. The first-order valence-electron chi connectivity index (χ1n) is 7.87. The molecule has 4 heterocycles. The molecule has 0 aliphatic rings. The third kappa shape index (κ3) is 2.92. The monoisotopic (exact) mass is 364 g/mol. The fourth-order valence-electron chi connectivity index (χ4n) is 2.70. The zero-order chi connectivity index (χ0) is 19.0. The Labute approximate surface area is 152 Å². The number of nitrogen functional groups attached to an aromatic ring is 1. The van der Waals surface area contributed by atoms with Gasteiger partial charge < -0.3 is 11.1 Å². The number of pyridine rings is 1. The van der Waals surface area contributed by atoms with Crippen molar-refractivity contribution in [3.8, 4) is 11.3 Å². The van der Waals surface area contributed by atoms with Crippen LogP contribution in [0.3, 0.4) is 0 Å². The van der Waals surface area contributed by atoms with E-state index in [1.165, 1.54) is 6.20 Å². The summed E-state index contributed by atoms with van der Waals surface area (Å²) in [5.74, 6) is -1.20. The van der Waals surface area contributed by atoms with Gasteiger partial charge in [-0.05, 0) is 13.0 Å². The van der Waals surface area contributed by atoms with Crippen LogP contribution in [0.1, 0.15) is 16.1 Å². The molecule has 134 valence electrons. The summed E-state index contributed by atoms with van der Waals surface area (Å²) in [5, 5.41) is 6.67. The van der Waals surface area contributed by atoms with E-state index in [0.29, 0.717) is 22.6 Å². The number of hydrogen-bond donors (Lipinski definition) is 2. The summed E-state index contributed by atoms with van der Waals surface area (Å²) in [4.78, 5) is 29.3. The lowest BCUT2D eigenvalue weighted by Gasteiger charge is -2.11. The van der Waals surface area contributed by atoms with Gasteiger partial charge >= 0.3 is 0 Å². The van der Waals surface area contributed by atoms with Crippen molar-refractivity contribution >= 4 is 23.1 Å². The summed E-state index contributed by atoms with van der Waals surface area (Å²) in [6.45, 7) is 1.82. The zero-order valence-corrected chi connectivity index (χ0v) is 14.1. The van der Waals surface area contributed by atoms with E-state index in [4.69, 9.17) is 5.73 Å². The number of halogens is 1. The number of rotatable bonds is 3. The van der Waals surface area contributed by atoms with Gasteiger partial charge in [0.1, 0.15) is 5.56 Å². The molecule has 0 spiro atoms. The molecule has 3 N–H and O–H groups in total. The van der Waals surface area contributed by atoms with Gasteiger partial charge in [0.05, 0.1) is 35.7 Å². The van der Waals surface area contributed by atoms with Gasteiger partial charge in [-0.2, -0.15) is 0 Å². The highest BCUT2D eigenvalue weighted by molar-refractivity contribution is 6.12. The van der Waals surface area contributed by atoms with E-state index in [1.54, 1.807) is 24.7 Å². The molecular weight excluding hydrogens is 351 g/mol. The second-order valence-corrected chi connectivity index (χ2v) is 5.67.